The smallest absolute Gasteiger partial charge is 0.327 e. The number of unbranched alkanes of at least 4 members (excludes halogenated alkanes) is 1. The summed E-state index contributed by atoms with van der Waals surface area (Å²) in [5, 5.41) is 0. The Morgan fingerprint density at radius 1 is 1.15 bits per heavy atom. The molecule has 0 spiro atoms. The molecule has 13 heavy (non-hydrogen) atoms. The molecule has 1 aliphatic rings. The van der Waals surface area contributed by atoms with Crippen LogP contribution in [-0.4, -0.2) is 40.9 Å². The Labute approximate surface area is 80.5 Å². The number of likely N-dealkylation sites (tertiary alicyclic amines) is 1. The second-order valence-corrected chi connectivity index (χ2v) is 4.11. The third-order valence-electron chi connectivity index (χ3n) is 2.27. The van der Waals surface area contributed by atoms with Crippen LogP contribution >= 0.6 is 8.60 Å². The lowest BCUT2D eigenvalue weighted by Gasteiger charge is -2.13. The van der Waals surface area contributed by atoms with Crippen LogP contribution in [0, 0.1) is 0 Å². The maximum absolute atomic E-state index is 8.45. The van der Waals surface area contributed by atoms with E-state index in [-0.39, 0.29) is 0 Å². The normalized spacial score (nSPS) is 18.7. The molecular formula is C8H18NO3P. The van der Waals surface area contributed by atoms with Crippen molar-refractivity contribution in [2.24, 2.45) is 0 Å². The van der Waals surface area contributed by atoms with Crippen molar-refractivity contribution in [2.45, 2.75) is 25.7 Å². The van der Waals surface area contributed by atoms with Gasteiger partial charge < -0.3 is 19.2 Å². The SMILES string of the molecule is OP(O)OCCCCN1CCCC1. The molecule has 0 aromatic rings. The minimum absolute atomic E-state index is 0.465. The molecule has 0 aliphatic carbocycles. The molecule has 0 atom stereocenters. The summed E-state index contributed by atoms with van der Waals surface area (Å²) in [6.45, 7) is 4.05. The average Bonchev–Trinajstić information content (AvgIpc) is 2.55. The highest BCUT2D eigenvalue weighted by Gasteiger charge is 2.10. The Morgan fingerprint density at radius 3 is 2.46 bits per heavy atom. The van der Waals surface area contributed by atoms with Crippen molar-refractivity contribution >= 4 is 8.60 Å². The van der Waals surface area contributed by atoms with E-state index >= 15 is 0 Å². The van der Waals surface area contributed by atoms with Crippen molar-refractivity contribution in [3.63, 3.8) is 0 Å². The Balaban J connectivity index is 1.83. The fraction of sp³-hybridized carbons (Fsp3) is 1.00. The van der Waals surface area contributed by atoms with E-state index in [1.807, 2.05) is 0 Å². The quantitative estimate of drug-likeness (QED) is 0.505. The minimum atomic E-state index is -2.14. The Bertz CT molecular complexity index is 129. The fourth-order valence-electron chi connectivity index (χ4n) is 1.59. The van der Waals surface area contributed by atoms with Gasteiger partial charge in [0.2, 0.25) is 0 Å². The van der Waals surface area contributed by atoms with E-state index in [1.165, 1.54) is 25.9 Å². The van der Waals surface area contributed by atoms with Crippen LogP contribution in [0.3, 0.4) is 0 Å². The molecule has 1 fully saturated rings. The van der Waals surface area contributed by atoms with Gasteiger partial charge in [0.1, 0.15) is 0 Å². The van der Waals surface area contributed by atoms with E-state index < -0.39 is 8.60 Å². The number of rotatable bonds is 6. The van der Waals surface area contributed by atoms with E-state index in [4.69, 9.17) is 9.79 Å². The van der Waals surface area contributed by atoms with Gasteiger partial charge in [-0.1, -0.05) is 0 Å². The van der Waals surface area contributed by atoms with Crippen LogP contribution in [0.2, 0.25) is 0 Å². The van der Waals surface area contributed by atoms with Gasteiger partial charge in [0.05, 0.1) is 6.61 Å². The third-order valence-corrected chi connectivity index (χ3v) is 2.69. The molecule has 1 saturated heterocycles. The zero-order valence-corrected chi connectivity index (χ0v) is 8.75. The van der Waals surface area contributed by atoms with Crippen molar-refractivity contribution in [1.82, 2.24) is 4.90 Å². The summed E-state index contributed by atoms with van der Waals surface area (Å²) in [4.78, 5) is 19.3. The summed E-state index contributed by atoms with van der Waals surface area (Å²) in [6, 6.07) is 0. The maximum atomic E-state index is 8.45. The molecule has 0 saturated carbocycles. The van der Waals surface area contributed by atoms with Crippen molar-refractivity contribution in [3.05, 3.63) is 0 Å². The molecule has 1 heterocycles. The molecular weight excluding hydrogens is 189 g/mol. The Morgan fingerprint density at radius 2 is 1.85 bits per heavy atom. The Hall–Kier alpha value is 0.270. The van der Waals surface area contributed by atoms with E-state index in [0.29, 0.717) is 6.61 Å². The largest absolute Gasteiger partial charge is 0.328 e. The first-order chi connectivity index (χ1) is 6.29. The monoisotopic (exact) mass is 207 g/mol. The summed E-state index contributed by atoms with van der Waals surface area (Å²) >= 11 is 0. The molecule has 0 unspecified atom stereocenters. The summed E-state index contributed by atoms with van der Waals surface area (Å²) in [6.07, 6.45) is 4.66. The van der Waals surface area contributed by atoms with Crippen LogP contribution in [-0.2, 0) is 4.52 Å². The molecule has 78 valence electrons. The van der Waals surface area contributed by atoms with Gasteiger partial charge >= 0.3 is 8.60 Å². The molecule has 1 rings (SSSR count). The van der Waals surface area contributed by atoms with E-state index in [2.05, 4.69) is 9.42 Å². The lowest BCUT2D eigenvalue weighted by Crippen LogP contribution is -2.20. The average molecular weight is 207 g/mol. The zero-order chi connectivity index (χ0) is 9.52. The minimum Gasteiger partial charge on any atom is -0.328 e. The highest BCUT2D eigenvalue weighted by atomic mass is 31.2. The number of nitrogens with zero attached hydrogens (tertiary/aromatic N) is 1. The molecule has 0 bridgehead atoms. The molecule has 5 heteroatoms. The second-order valence-electron chi connectivity index (χ2n) is 3.34. The highest BCUT2D eigenvalue weighted by molar-refractivity contribution is 7.39. The standard InChI is InChI=1S/C8H18NO3P/c10-13(11)12-8-4-3-7-9-5-1-2-6-9/h10-11H,1-8H2. The van der Waals surface area contributed by atoms with Gasteiger partial charge in [-0.15, -0.1) is 0 Å². The van der Waals surface area contributed by atoms with Gasteiger partial charge in [-0.3, -0.25) is 0 Å². The van der Waals surface area contributed by atoms with Crippen LogP contribution in [0.15, 0.2) is 0 Å². The molecule has 1 aliphatic heterocycles. The summed E-state index contributed by atoms with van der Waals surface area (Å²) in [5.41, 5.74) is 0. The van der Waals surface area contributed by atoms with Crippen LogP contribution < -0.4 is 0 Å². The van der Waals surface area contributed by atoms with Gasteiger partial charge in [0.25, 0.3) is 0 Å². The topological polar surface area (TPSA) is 52.9 Å². The summed E-state index contributed by atoms with van der Waals surface area (Å²) < 4.78 is 4.66. The van der Waals surface area contributed by atoms with Crippen molar-refractivity contribution in [3.8, 4) is 0 Å². The van der Waals surface area contributed by atoms with Gasteiger partial charge in [-0.2, -0.15) is 0 Å². The molecule has 4 nitrogen and oxygen atoms in total. The van der Waals surface area contributed by atoms with Crippen LogP contribution in [0.1, 0.15) is 25.7 Å². The molecule has 0 amide bonds. The molecule has 0 aromatic carbocycles. The number of hydrogen-bond acceptors (Lipinski definition) is 4. The van der Waals surface area contributed by atoms with Crippen LogP contribution in [0.25, 0.3) is 0 Å². The van der Waals surface area contributed by atoms with Crippen LogP contribution in [0.5, 0.6) is 0 Å². The van der Waals surface area contributed by atoms with Crippen molar-refractivity contribution < 1.29 is 14.3 Å². The first-order valence-corrected chi connectivity index (χ1v) is 5.99. The fourth-order valence-corrected chi connectivity index (χ4v) is 1.88. The predicted molar refractivity (Wildman–Crippen MR) is 52.2 cm³/mol. The zero-order valence-electron chi connectivity index (χ0n) is 7.85. The van der Waals surface area contributed by atoms with Gasteiger partial charge in [-0.25, -0.2) is 0 Å². The number of hydrogen-bond donors (Lipinski definition) is 2. The second kappa shape index (κ2) is 6.68. The predicted octanol–water partition coefficient (Wildman–Crippen LogP) is 1.09. The maximum Gasteiger partial charge on any atom is 0.327 e. The highest BCUT2D eigenvalue weighted by Crippen LogP contribution is 2.24. The van der Waals surface area contributed by atoms with E-state index in [1.54, 1.807) is 0 Å². The van der Waals surface area contributed by atoms with Gasteiger partial charge in [0, 0.05) is 0 Å². The van der Waals surface area contributed by atoms with E-state index in [9.17, 15) is 0 Å². The van der Waals surface area contributed by atoms with E-state index in [0.717, 1.165) is 19.4 Å². The first-order valence-electron chi connectivity index (χ1n) is 4.82. The molecule has 2 N–H and O–H groups in total. The van der Waals surface area contributed by atoms with Gasteiger partial charge in [0.15, 0.2) is 0 Å². The third kappa shape index (κ3) is 5.55. The summed E-state index contributed by atoms with van der Waals surface area (Å²) in [5.74, 6) is 0. The van der Waals surface area contributed by atoms with Crippen molar-refractivity contribution in [1.29, 1.82) is 0 Å². The summed E-state index contributed by atoms with van der Waals surface area (Å²) in [7, 11) is -2.14. The van der Waals surface area contributed by atoms with Crippen LogP contribution in [0.4, 0.5) is 0 Å². The Kier molecular flexibility index (Phi) is 5.83. The lowest BCUT2D eigenvalue weighted by molar-refractivity contribution is 0.240. The first kappa shape index (κ1) is 11.3. The van der Waals surface area contributed by atoms with Gasteiger partial charge in [-0.05, 0) is 45.3 Å². The van der Waals surface area contributed by atoms with Crippen molar-refractivity contribution in [2.75, 3.05) is 26.2 Å². The molecule has 0 radical (unpaired) electrons. The molecule has 0 aromatic heterocycles. The lowest BCUT2D eigenvalue weighted by atomic mass is 10.3.